The van der Waals surface area contributed by atoms with Crippen LogP contribution in [0.15, 0.2) is 66.7 Å². The molecule has 1 saturated heterocycles. The van der Waals surface area contributed by atoms with Gasteiger partial charge in [0.15, 0.2) is 6.61 Å². The molecule has 0 aromatic heterocycles. The molecule has 0 bridgehead atoms. The highest BCUT2D eigenvalue weighted by molar-refractivity contribution is 8.00. The van der Waals surface area contributed by atoms with E-state index in [4.69, 9.17) is 39.5 Å². The molecule has 1 heterocycles. The van der Waals surface area contributed by atoms with E-state index in [1.165, 1.54) is 11.8 Å². The number of hydrogen-bond acceptors (Lipinski definition) is 4. The van der Waals surface area contributed by atoms with Crippen LogP contribution in [0.1, 0.15) is 10.9 Å². The molecule has 1 aliphatic heterocycles. The minimum Gasteiger partial charge on any atom is -0.483 e. The fourth-order valence-corrected chi connectivity index (χ4v) is 4.88. The van der Waals surface area contributed by atoms with Crippen molar-refractivity contribution in [2.24, 2.45) is 0 Å². The van der Waals surface area contributed by atoms with Gasteiger partial charge < -0.3 is 10.1 Å². The Morgan fingerprint density at radius 3 is 2.28 bits per heavy atom. The SMILES string of the molecule is O=C(COc1ccc(Cl)cc1[C@H]1SCC(=O)N1c1ccc(Cl)cc1)Nc1ccc(Cl)cc1. The molecule has 2 amide bonds. The first kappa shape index (κ1) is 22.8. The second-order valence-corrected chi connectivity index (χ2v) is 9.31. The molecule has 3 aromatic carbocycles. The zero-order chi connectivity index (χ0) is 22.7. The number of anilines is 2. The number of hydrogen-bond donors (Lipinski definition) is 1. The minimum atomic E-state index is -0.350. The smallest absolute Gasteiger partial charge is 0.262 e. The maximum absolute atomic E-state index is 12.7. The number of carbonyl (C=O) groups excluding carboxylic acids is 2. The van der Waals surface area contributed by atoms with Crippen LogP contribution in [0.5, 0.6) is 5.75 Å². The number of thioether (sulfide) groups is 1. The average Bonchev–Trinajstić information content (AvgIpc) is 3.16. The summed E-state index contributed by atoms with van der Waals surface area (Å²) in [7, 11) is 0. The largest absolute Gasteiger partial charge is 0.483 e. The normalized spacial score (nSPS) is 15.7. The van der Waals surface area contributed by atoms with Gasteiger partial charge >= 0.3 is 0 Å². The molecule has 5 nitrogen and oxygen atoms in total. The molecule has 0 saturated carbocycles. The predicted octanol–water partition coefficient (Wildman–Crippen LogP) is 6.44. The van der Waals surface area contributed by atoms with Crippen molar-refractivity contribution < 1.29 is 14.3 Å². The zero-order valence-corrected chi connectivity index (χ0v) is 19.6. The lowest BCUT2D eigenvalue weighted by atomic mass is 10.1. The first-order valence-electron chi connectivity index (χ1n) is 9.57. The average molecular weight is 508 g/mol. The minimum absolute atomic E-state index is 0.0336. The molecule has 0 aliphatic carbocycles. The Balaban J connectivity index is 1.53. The summed E-state index contributed by atoms with van der Waals surface area (Å²) in [6, 6.07) is 19.0. The van der Waals surface area contributed by atoms with E-state index in [1.54, 1.807) is 71.6 Å². The number of nitrogens with zero attached hydrogens (tertiary/aromatic N) is 1. The number of rotatable bonds is 6. The Bertz CT molecular complexity index is 1140. The molecule has 1 atom stereocenters. The Morgan fingerprint density at radius 2 is 1.59 bits per heavy atom. The van der Waals surface area contributed by atoms with E-state index in [0.717, 1.165) is 5.69 Å². The third-order valence-corrected chi connectivity index (χ3v) is 6.63. The molecule has 4 rings (SSSR count). The molecule has 1 fully saturated rings. The summed E-state index contributed by atoms with van der Waals surface area (Å²) in [6.07, 6.45) is 0. The fraction of sp³-hybridized carbons (Fsp3) is 0.130. The second-order valence-electron chi connectivity index (χ2n) is 6.93. The number of nitrogens with one attached hydrogen (secondary N) is 1. The lowest BCUT2D eigenvalue weighted by Crippen LogP contribution is -2.28. The van der Waals surface area contributed by atoms with Crippen LogP contribution in [-0.4, -0.2) is 24.2 Å². The molecular formula is C23H17Cl3N2O3S. The molecule has 9 heteroatoms. The summed E-state index contributed by atoms with van der Waals surface area (Å²) in [6.45, 7) is -0.205. The van der Waals surface area contributed by atoms with Gasteiger partial charge in [0.05, 0.1) is 5.75 Å². The Hall–Kier alpha value is -2.38. The maximum Gasteiger partial charge on any atom is 0.262 e. The van der Waals surface area contributed by atoms with Gasteiger partial charge in [0.25, 0.3) is 5.91 Å². The van der Waals surface area contributed by atoms with Gasteiger partial charge in [0, 0.05) is 32.0 Å². The van der Waals surface area contributed by atoms with Crippen molar-refractivity contribution in [2.45, 2.75) is 5.37 Å². The van der Waals surface area contributed by atoms with Crippen molar-refractivity contribution in [3.8, 4) is 5.75 Å². The van der Waals surface area contributed by atoms with Gasteiger partial charge in [-0.1, -0.05) is 34.8 Å². The fourth-order valence-electron chi connectivity index (χ4n) is 3.25. The molecule has 3 aromatic rings. The maximum atomic E-state index is 12.7. The van der Waals surface area contributed by atoms with Crippen LogP contribution in [-0.2, 0) is 9.59 Å². The van der Waals surface area contributed by atoms with Gasteiger partial charge in [-0.3, -0.25) is 14.5 Å². The quantitative estimate of drug-likeness (QED) is 0.417. The summed E-state index contributed by atoms with van der Waals surface area (Å²) in [4.78, 5) is 26.7. The molecular weight excluding hydrogens is 491 g/mol. The lowest BCUT2D eigenvalue weighted by Gasteiger charge is -2.26. The summed E-state index contributed by atoms with van der Waals surface area (Å²) >= 11 is 19.6. The van der Waals surface area contributed by atoms with Crippen molar-refractivity contribution in [3.05, 3.63) is 87.4 Å². The third-order valence-electron chi connectivity index (χ3n) is 4.70. The molecule has 0 spiro atoms. The van der Waals surface area contributed by atoms with Crippen molar-refractivity contribution in [2.75, 3.05) is 22.6 Å². The van der Waals surface area contributed by atoms with E-state index < -0.39 is 0 Å². The highest BCUT2D eigenvalue weighted by atomic mass is 35.5. The van der Waals surface area contributed by atoms with Crippen LogP contribution in [0.3, 0.4) is 0 Å². The van der Waals surface area contributed by atoms with Crippen molar-refractivity contribution >= 4 is 69.8 Å². The van der Waals surface area contributed by atoms with E-state index in [2.05, 4.69) is 5.32 Å². The highest BCUT2D eigenvalue weighted by Crippen LogP contribution is 2.45. The molecule has 164 valence electrons. The summed E-state index contributed by atoms with van der Waals surface area (Å²) in [5.74, 6) is 0.439. The number of ether oxygens (including phenoxy) is 1. The van der Waals surface area contributed by atoms with Gasteiger partial charge in [-0.25, -0.2) is 0 Å². The standard InChI is InChI=1S/C23H17Cl3N2O3S/c24-14-1-6-17(7-2-14)27-21(29)12-31-20-10-5-16(26)11-19(20)23-28(22(30)13-32-23)18-8-3-15(25)4-9-18/h1-11,23H,12-13H2,(H,27,29)/t23-/m1/s1. The highest BCUT2D eigenvalue weighted by Gasteiger charge is 2.36. The van der Waals surface area contributed by atoms with E-state index in [-0.39, 0.29) is 23.8 Å². The monoisotopic (exact) mass is 506 g/mol. The molecule has 1 aliphatic rings. The Labute approximate surface area is 204 Å². The van der Waals surface area contributed by atoms with Gasteiger partial charge in [-0.15, -0.1) is 11.8 Å². The second kappa shape index (κ2) is 10.0. The lowest BCUT2D eigenvalue weighted by molar-refractivity contribution is -0.118. The molecule has 32 heavy (non-hydrogen) atoms. The Kier molecular flexibility index (Phi) is 7.16. The predicted molar refractivity (Wildman–Crippen MR) is 131 cm³/mol. The summed E-state index contributed by atoms with van der Waals surface area (Å²) in [5.41, 5.74) is 2.05. The van der Waals surface area contributed by atoms with E-state index in [1.807, 2.05) is 0 Å². The molecule has 0 unspecified atom stereocenters. The topological polar surface area (TPSA) is 58.6 Å². The van der Waals surface area contributed by atoms with Crippen molar-refractivity contribution in [1.82, 2.24) is 0 Å². The molecule has 0 radical (unpaired) electrons. The van der Waals surface area contributed by atoms with Crippen LogP contribution in [0, 0.1) is 0 Å². The van der Waals surface area contributed by atoms with E-state index in [0.29, 0.717) is 37.8 Å². The number of amides is 2. The van der Waals surface area contributed by atoms with Crippen LogP contribution in [0.2, 0.25) is 15.1 Å². The Morgan fingerprint density at radius 1 is 0.969 bits per heavy atom. The number of halogens is 3. The number of carbonyl (C=O) groups is 2. The van der Waals surface area contributed by atoms with Crippen LogP contribution >= 0.6 is 46.6 Å². The van der Waals surface area contributed by atoms with Gasteiger partial charge in [0.1, 0.15) is 11.1 Å². The zero-order valence-electron chi connectivity index (χ0n) is 16.6. The summed E-state index contributed by atoms with van der Waals surface area (Å²) in [5, 5.41) is 4.08. The van der Waals surface area contributed by atoms with Gasteiger partial charge in [-0.05, 0) is 66.7 Å². The van der Waals surface area contributed by atoms with Crippen molar-refractivity contribution in [1.29, 1.82) is 0 Å². The summed E-state index contributed by atoms with van der Waals surface area (Å²) < 4.78 is 5.83. The van der Waals surface area contributed by atoms with Crippen LogP contribution in [0.25, 0.3) is 0 Å². The van der Waals surface area contributed by atoms with E-state index in [9.17, 15) is 9.59 Å². The number of benzene rings is 3. The van der Waals surface area contributed by atoms with Crippen LogP contribution in [0.4, 0.5) is 11.4 Å². The van der Waals surface area contributed by atoms with Crippen LogP contribution < -0.4 is 15.0 Å². The first-order chi connectivity index (χ1) is 15.4. The van der Waals surface area contributed by atoms with E-state index >= 15 is 0 Å². The van der Waals surface area contributed by atoms with Crippen molar-refractivity contribution in [3.63, 3.8) is 0 Å². The molecule has 1 N–H and O–H groups in total. The first-order valence-corrected chi connectivity index (χ1v) is 11.8. The third kappa shape index (κ3) is 5.33. The van der Waals surface area contributed by atoms with Gasteiger partial charge in [-0.2, -0.15) is 0 Å². The van der Waals surface area contributed by atoms with Gasteiger partial charge in [0.2, 0.25) is 5.91 Å².